The molecule has 0 aromatic carbocycles. The predicted octanol–water partition coefficient (Wildman–Crippen LogP) is 1.29. The monoisotopic (exact) mass is 234 g/mol. The summed E-state index contributed by atoms with van der Waals surface area (Å²) in [7, 11) is 3.32. The summed E-state index contributed by atoms with van der Waals surface area (Å²) in [6, 6.07) is -0.230. The minimum atomic E-state index is -0.230. The molecule has 17 heavy (non-hydrogen) atoms. The predicted molar refractivity (Wildman–Crippen MR) is 70.8 cm³/mol. The van der Waals surface area contributed by atoms with Gasteiger partial charge in [0.1, 0.15) is 0 Å². The van der Waals surface area contributed by atoms with E-state index in [1.807, 2.05) is 19.9 Å². The Kier molecular flexibility index (Phi) is 4.63. The van der Waals surface area contributed by atoms with Crippen molar-refractivity contribution in [3.8, 4) is 0 Å². The zero-order chi connectivity index (χ0) is 12.8. The van der Waals surface area contributed by atoms with Crippen molar-refractivity contribution in [1.82, 2.24) is 10.6 Å². The van der Waals surface area contributed by atoms with Crippen molar-refractivity contribution in [3.63, 3.8) is 0 Å². The van der Waals surface area contributed by atoms with E-state index in [2.05, 4.69) is 20.6 Å². The Labute approximate surface area is 101 Å². The molecular formula is C12H18N4O. The third-order valence-corrected chi connectivity index (χ3v) is 2.59. The summed E-state index contributed by atoms with van der Waals surface area (Å²) < 4.78 is 0. The number of carbonyl (C=O) groups excluding carboxylic acids is 1. The first-order valence-corrected chi connectivity index (χ1v) is 5.43. The Bertz CT molecular complexity index is 430. The smallest absolute Gasteiger partial charge is 0.318 e. The van der Waals surface area contributed by atoms with Crippen molar-refractivity contribution in [2.24, 2.45) is 9.98 Å². The van der Waals surface area contributed by atoms with Crippen LogP contribution in [0.5, 0.6) is 0 Å². The van der Waals surface area contributed by atoms with E-state index in [0.29, 0.717) is 6.54 Å². The van der Waals surface area contributed by atoms with E-state index in [0.717, 1.165) is 22.6 Å². The summed E-state index contributed by atoms with van der Waals surface area (Å²) in [4.78, 5) is 19.6. The number of allylic oxidation sites excluding steroid dienone is 3. The lowest BCUT2D eigenvalue weighted by molar-refractivity contribution is 0.245. The zero-order valence-corrected chi connectivity index (χ0v) is 10.7. The minimum Gasteiger partial charge on any atom is -0.341 e. The van der Waals surface area contributed by atoms with Crippen LogP contribution in [0.25, 0.3) is 0 Å². The van der Waals surface area contributed by atoms with E-state index in [1.54, 1.807) is 20.3 Å². The van der Waals surface area contributed by atoms with E-state index in [1.165, 1.54) is 0 Å². The molecule has 2 amide bonds. The number of nitrogens with one attached hydrogen (secondary N) is 2. The van der Waals surface area contributed by atoms with Gasteiger partial charge in [0.15, 0.2) is 0 Å². The molecule has 0 fully saturated rings. The topological polar surface area (TPSA) is 65.8 Å². The van der Waals surface area contributed by atoms with Crippen LogP contribution in [0.1, 0.15) is 13.8 Å². The second kappa shape index (κ2) is 5.98. The first-order valence-electron chi connectivity index (χ1n) is 5.43. The van der Waals surface area contributed by atoms with E-state index in [4.69, 9.17) is 0 Å². The van der Waals surface area contributed by atoms with Crippen LogP contribution in [0.15, 0.2) is 32.9 Å². The van der Waals surface area contributed by atoms with E-state index >= 15 is 0 Å². The van der Waals surface area contributed by atoms with Crippen molar-refractivity contribution in [1.29, 1.82) is 0 Å². The summed E-state index contributed by atoms with van der Waals surface area (Å²) in [5.74, 6) is 0. The fourth-order valence-corrected chi connectivity index (χ4v) is 1.53. The van der Waals surface area contributed by atoms with Gasteiger partial charge in [-0.25, -0.2) is 4.79 Å². The van der Waals surface area contributed by atoms with Crippen LogP contribution in [0.3, 0.4) is 0 Å². The van der Waals surface area contributed by atoms with Gasteiger partial charge in [-0.05, 0) is 19.4 Å². The highest BCUT2D eigenvalue weighted by molar-refractivity contribution is 6.24. The Hall–Kier alpha value is -1.91. The van der Waals surface area contributed by atoms with Gasteiger partial charge in [-0.15, -0.1) is 0 Å². The summed E-state index contributed by atoms with van der Waals surface area (Å²) in [5.41, 5.74) is 3.59. The first-order chi connectivity index (χ1) is 8.10. The maximum Gasteiger partial charge on any atom is 0.318 e. The number of amides is 2. The third kappa shape index (κ3) is 3.27. The Morgan fingerprint density at radius 1 is 1.47 bits per heavy atom. The van der Waals surface area contributed by atoms with E-state index in [9.17, 15) is 4.79 Å². The summed E-state index contributed by atoms with van der Waals surface area (Å²) in [6.07, 6.45) is 3.82. The molecule has 0 bridgehead atoms. The molecule has 0 radical (unpaired) electrons. The number of aliphatic imine (C=N–C) groups is 2. The molecule has 92 valence electrons. The summed E-state index contributed by atoms with van der Waals surface area (Å²) in [5, 5.41) is 5.26. The highest BCUT2D eigenvalue weighted by Gasteiger charge is 2.12. The number of hydrogen-bond acceptors (Lipinski definition) is 3. The van der Waals surface area contributed by atoms with Gasteiger partial charge in [0.05, 0.1) is 12.3 Å². The van der Waals surface area contributed by atoms with Gasteiger partial charge in [-0.3, -0.25) is 9.98 Å². The van der Waals surface area contributed by atoms with Crippen LogP contribution < -0.4 is 10.6 Å². The van der Waals surface area contributed by atoms with Crippen LogP contribution in [0, 0.1) is 0 Å². The van der Waals surface area contributed by atoms with Crippen LogP contribution in [-0.4, -0.2) is 38.6 Å². The van der Waals surface area contributed by atoms with Gasteiger partial charge in [0.25, 0.3) is 0 Å². The Balaban J connectivity index is 2.92. The highest BCUT2D eigenvalue weighted by Crippen LogP contribution is 2.12. The van der Waals surface area contributed by atoms with Crippen LogP contribution in [-0.2, 0) is 0 Å². The van der Waals surface area contributed by atoms with Gasteiger partial charge < -0.3 is 10.6 Å². The van der Waals surface area contributed by atoms with Crippen molar-refractivity contribution in [2.45, 2.75) is 13.8 Å². The normalized spacial score (nSPS) is 16.5. The average molecular weight is 234 g/mol. The Morgan fingerprint density at radius 3 is 2.65 bits per heavy atom. The van der Waals surface area contributed by atoms with E-state index < -0.39 is 0 Å². The molecule has 0 aromatic heterocycles. The van der Waals surface area contributed by atoms with Crippen LogP contribution in [0.4, 0.5) is 4.79 Å². The third-order valence-electron chi connectivity index (χ3n) is 2.59. The first kappa shape index (κ1) is 13.2. The van der Waals surface area contributed by atoms with Gasteiger partial charge in [-0.2, -0.15) is 0 Å². The number of urea groups is 1. The maximum atomic E-state index is 11.2. The molecule has 1 rings (SSSR count). The quantitative estimate of drug-likeness (QED) is 0.710. The van der Waals surface area contributed by atoms with Gasteiger partial charge >= 0.3 is 6.03 Å². The number of nitrogens with zero attached hydrogens (tertiary/aromatic N) is 2. The molecule has 0 saturated carbocycles. The molecule has 5 heteroatoms. The second-order valence-electron chi connectivity index (χ2n) is 3.68. The molecule has 1 aliphatic rings. The van der Waals surface area contributed by atoms with Crippen molar-refractivity contribution in [2.75, 3.05) is 20.6 Å². The molecule has 5 nitrogen and oxygen atoms in total. The summed E-state index contributed by atoms with van der Waals surface area (Å²) >= 11 is 0. The fraction of sp³-hybridized carbons (Fsp3) is 0.417. The standard InChI is InChI=1S/C12H18N4O/c1-8(9(2)16-12(17)14-4)11(13-3)10-5-6-15-7-10/h5,7H,6H2,1-4H3,(H2,14,16,17)/b9-8+,13-11?. The molecule has 2 N–H and O–H groups in total. The van der Waals surface area contributed by atoms with Gasteiger partial charge in [-0.1, -0.05) is 6.08 Å². The Morgan fingerprint density at radius 2 is 2.18 bits per heavy atom. The van der Waals surface area contributed by atoms with Crippen molar-refractivity contribution < 1.29 is 4.79 Å². The molecule has 1 heterocycles. The lowest BCUT2D eigenvalue weighted by atomic mass is 10.0. The molecule has 0 unspecified atom stereocenters. The molecule has 0 spiro atoms. The maximum absolute atomic E-state index is 11.2. The van der Waals surface area contributed by atoms with E-state index in [-0.39, 0.29) is 6.03 Å². The molecule has 0 aliphatic carbocycles. The second-order valence-corrected chi connectivity index (χ2v) is 3.68. The van der Waals surface area contributed by atoms with Crippen molar-refractivity contribution >= 4 is 18.0 Å². The van der Waals surface area contributed by atoms with Crippen molar-refractivity contribution in [3.05, 3.63) is 22.9 Å². The fourth-order valence-electron chi connectivity index (χ4n) is 1.53. The minimum absolute atomic E-state index is 0.230. The number of hydrogen-bond donors (Lipinski definition) is 2. The lowest BCUT2D eigenvalue weighted by Crippen LogP contribution is -2.32. The number of carbonyl (C=O) groups is 1. The molecule has 0 saturated heterocycles. The van der Waals surface area contributed by atoms with Gasteiger partial charge in [0, 0.05) is 31.6 Å². The van der Waals surface area contributed by atoms with Crippen LogP contribution in [0.2, 0.25) is 0 Å². The molecular weight excluding hydrogens is 216 g/mol. The van der Waals surface area contributed by atoms with Crippen LogP contribution >= 0.6 is 0 Å². The molecule has 0 aromatic rings. The lowest BCUT2D eigenvalue weighted by Gasteiger charge is -2.11. The average Bonchev–Trinajstić information content (AvgIpc) is 2.83. The largest absolute Gasteiger partial charge is 0.341 e. The zero-order valence-electron chi connectivity index (χ0n) is 10.7. The highest BCUT2D eigenvalue weighted by atomic mass is 16.2. The number of rotatable bonds is 3. The molecule has 0 atom stereocenters. The molecule has 1 aliphatic heterocycles. The van der Waals surface area contributed by atoms with Gasteiger partial charge in [0.2, 0.25) is 0 Å². The SMILES string of the molecule is CN=C(C1=CCN=C1)/C(C)=C(\C)NC(=O)NC. The summed E-state index contributed by atoms with van der Waals surface area (Å²) in [6.45, 7) is 4.48.